The molecule has 0 atom stereocenters. The number of hydrogen-bond acceptors (Lipinski definition) is 4. The molecule has 0 unspecified atom stereocenters. The van der Waals surface area contributed by atoms with E-state index < -0.39 is 5.97 Å². The molecule has 0 aliphatic rings. The normalized spacial score (nSPS) is 10.1. The molecule has 0 fully saturated rings. The summed E-state index contributed by atoms with van der Waals surface area (Å²) in [5, 5.41) is 19.4. The zero-order valence-corrected chi connectivity index (χ0v) is 9.08. The van der Waals surface area contributed by atoms with Crippen LogP contribution in [0.25, 0.3) is 0 Å². The molecule has 6 nitrogen and oxygen atoms in total. The van der Waals surface area contributed by atoms with E-state index in [1.54, 1.807) is 41.3 Å². The van der Waals surface area contributed by atoms with E-state index in [4.69, 9.17) is 5.11 Å². The molecule has 0 spiro atoms. The predicted molar refractivity (Wildman–Crippen MR) is 61.9 cm³/mol. The minimum atomic E-state index is -0.917. The molecule has 2 rings (SSSR count). The molecule has 2 N–H and O–H groups in total. The molecule has 0 saturated heterocycles. The highest BCUT2D eigenvalue weighted by Gasteiger charge is 2.01. The maximum atomic E-state index is 10.6. The summed E-state index contributed by atoms with van der Waals surface area (Å²) >= 11 is 0. The SMILES string of the molecule is O=C(O)c1ccc(NCCn2ccnn2)cc1. The van der Waals surface area contributed by atoms with Gasteiger partial charge < -0.3 is 10.4 Å². The molecule has 2 aromatic rings. The Balaban J connectivity index is 1.85. The Hall–Kier alpha value is -2.37. The van der Waals surface area contributed by atoms with Crippen molar-refractivity contribution in [1.82, 2.24) is 15.0 Å². The number of benzene rings is 1. The second-order valence-electron chi connectivity index (χ2n) is 3.48. The second kappa shape index (κ2) is 5.11. The van der Waals surface area contributed by atoms with Crippen LogP contribution in [0.1, 0.15) is 10.4 Å². The van der Waals surface area contributed by atoms with E-state index in [0.717, 1.165) is 5.69 Å². The van der Waals surface area contributed by atoms with Gasteiger partial charge in [-0.15, -0.1) is 5.10 Å². The van der Waals surface area contributed by atoms with Gasteiger partial charge in [0.15, 0.2) is 0 Å². The summed E-state index contributed by atoms with van der Waals surface area (Å²) in [5.41, 5.74) is 1.17. The molecule has 1 heterocycles. The first kappa shape index (κ1) is 11.1. The summed E-state index contributed by atoms with van der Waals surface area (Å²) in [6.07, 6.45) is 3.41. The Labute approximate surface area is 97.9 Å². The smallest absolute Gasteiger partial charge is 0.335 e. The van der Waals surface area contributed by atoms with Gasteiger partial charge in [0, 0.05) is 18.4 Å². The fourth-order valence-corrected chi connectivity index (χ4v) is 1.40. The van der Waals surface area contributed by atoms with Crippen molar-refractivity contribution >= 4 is 11.7 Å². The van der Waals surface area contributed by atoms with Crippen molar-refractivity contribution in [3.05, 3.63) is 42.2 Å². The van der Waals surface area contributed by atoms with E-state index in [1.807, 2.05) is 0 Å². The molecule has 0 aliphatic heterocycles. The van der Waals surface area contributed by atoms with Crippen LogP contribution in [0.3, 0.4) is 0 Å². The topological polar surface area (TPSA) is 80.0 Å². The van der Waals surface area contributed by atoms with Gasteiger partial charge in [-0.2, -0.15) is 0 Å². The van der Waals surface area contributed by atoms with Crippen molar-refractivity contribution in [1.29, 1.82) is 0 Å². The number of nitrogens with one attached hydrogen (secondary N) is 1. The molecule has 0 bridgehead atoms. The largest absolute Gasteiger partial charge is 0.478 e. The highest BCUT2D eigenvalue weighted by Crippen LogP contribution is 2.09. The molecule has 17 heavy (non-hydrogen) atoms. The minimum absolute atomic E-state index is 0.284. The van der Waals surface area contributed by atoms with Crippen molar-refractivity contribution in [2.45, 2.75) is 6.54 Å². The molecule has 1 aromatic carbocycles. The van der Waals surface area contributed by atoms with Crippen LogP contribution in [0.15, 0.2) is 36.7 Å². The number of anilines is 1. The van der Waals surface area contributed by atoms with Crippen LogP contribution < -0.4 is 5.32 Å². The number of carboxylic acid groups (broad SMARTS) is 1. The summed E-state index contributed by atoms with van der Waals surface area (Å²) in [7, 11) is 0. The van der Waals surface area contributed by atoms with Crippen LogP contribution in [0.2, 0.25) is 0 Å². The van der Waals surface area contributed by atoms with Gasteiger partial charge in [0.05, 0.1) is 18.3 Å². The third-order valence-electron chi connectivity index (χ3n) is 2.27. The average Bonchev–Trinajstić information content (AvgIpc) is 2.83. The molecule has 0 aliphatic carbocycles. The highest BCUT2D eigenvalue weighted by molar-refractivity contribution is 5.87. The minimum Gasteiger partial charge on any atom is -0.478 e. The van der Waals surface area contributed by atoms with Crippen LogP contribution in [0.4, 0.5) is 5.69 Å². The van der Waals surface area contributed by atoms with E-state index >= 15 is 0 Å². The van der Waals surface area contributed by atoms with Gasteiger partial charge >= 0.3 is 5.97 Å². The van der Waals surface area contributed by atoms with E-state index in [0.29, 0.717) is 13.1 Å². The lowest BCUT2D eigenvalue weighted by molar-refractivity contribution is 0.0697. The number of nitrogens with zero attached hydrogens (tertiary/aromatic N) is 3. The van der Waals surface area contributed by atoms with Crippen LogP contribution >= 0.6 is 0 Å². The van der Waals surface area contributed by atoms with Gasteiger partial charge in [-0.05, 0) is 24.3 Å². The summed E-state index contributed by atoms with van der Waals surface area (Å²) in [6, 6.07) is 6.62. The molecule has 0 radical (unpaired) electrons. The van der Waals surface area contributed by atoms with Crippen molar-refractivity contribution < 1.29 is 9.90 Å². The lowest BCUT2D eigenvalue weighted by Crippen LogP contribution is -2.11. The van der Waals surface area contributed by atoms with Crippen molar-refractivity contribution in [2.24, 2.45) is 0 Å². The first-order valence-electron chi connectivity index (χ1n) is 5.17. The van der Waals surface area contributed by atoms with Crippen molar-refractivity contribution in [3.8, 4) is 0 Å². The Morgan fingerprint density at radius 3 is 2.71 bits per heavy atom. The van der Waals surface area contributed by atoms with E-state index in [9.17, 15) is 4.79 Å². The van der Waals surface area contributed by atoms with Gasteiger partial charge in [-0.3, -0.25) is 4.68 Å². The molecule has 6 heteroatoms. The third kappa shape index (κ3) is 3.04. The maximum Gasteiger partial charge on any atom is 0.335 e. The summed E-state index contributed by atoms with van der Waals surface area (Å²) in [4.78, 5) is 10.6. The average molecular weight is 232 g/mol. The molecular formula is C11H12N4O2. The van der Waals surface area contributed by atoms with Gasteiger partial charge in [0.1, 0.15) is 0 Å². The number of aromatic carboxylic acids is 1. The number of rotatable bonds is 5. The highest BCUT2D eigenvalue weighted by atomic mass is 16.4. The Morgan fingerprint density at radius 1 is 1.35 bits per heavy atom. The van der Waals surface area contributed by atoms with Crippen LogP contribution in [0, 0.1) is 0 Å². The Bertz CT molecular complexity index is 479. The zero-order chi connectivity index (χ0) is 12.1. The first-order chi connectivity index (χ1) is 8.25. The molecular weight excluding hydrogens is 220 g/mol. The Morgan fingerprint density at radius 2 is 2.12 bits per heavy atom. The van der Waals surface area contributed by atoms with E-state index in [2.05, 4.69) is 15.6 Å². The molecule has 1 aromatic heterocycles. The fraction of sp³-hybridized carbons (Fsp3) is 0.182. The monoisotopic (exact) mass is 232 g/mol. The van der Waals surface area contributed by atoms with Gasteiger partial charge in [0.2, 0.25) is 0 Å². The summed E-state index contributed by atoms with van der Waals surface area (Å²) in [5.74, 6) is -0.917. The van der Waals surface area contributed by atoms with Crippen molar-refractivity contribution in [2.75, 3.05) is 11.9 Å². The molecule has 0 amide bonds. The second-order valence-corrected chi connectivity index (χ2v) is 3.48. The third-order valence-corrected chi connectivity index (χ3v) is 2.27. The first-order valence-corrected chi connectivity index (χ1v) is 5.17. The number of carbonyl (C=O) groups is 1. The van der Waals surface area contributed by atoms with Crippen LogP contribution in [-0.4, -0.2) is 32.6 Å². The molecule has 88 valence electrons. The number of aromatic nitrogens is 3. The van der Waals surface area contributed by atoms with E-state index in [-0.39, 0.29) is 5.56 Å². The van der Waals surface area contributed by atoms with Crippen LogP contribution in [0.5, 0.6) is 0 Å². The molecule has 0 saturated carbocycles. The van der Waals surface area contributed by atoms with E-state index in [1.165, 1.54) is 0 Å². The lowest BCUT2D eigenvalue weighted by atomic mass is 10.2. The summed E-state index contributed by atoms with van der Waals surface area (Å²) in [6.45, 7) is 1.41. The lowest BCUT2D eigenvalue weighted by Gasteiger charge is -2.06. The Kier molecular flexibility index (Phi) is 3.34. The quantitative estimate of drug-likeness (QED) is 0.806. The zero-order valence-electron chi connectivity index (χ0n) is 9.08. The van der Waals surface area contributed by atoms with Gasteiger partial charge in [0.25, 0.3) is 0 Å². The van der Waals surface area contributed by atoms with Crippen LogP contribution in [-0.2, 0) is 6.54 Å². The predicted octanol–water partition coefficient (Wildman–Crippen LogP) is 1.09. The van der Waals surface area contributed by atoms with Gasteiger partial charge in [-0.1, -0.05) is 5.21 Å². The number of hydrogen-bond donors (Lipinski definition) is 2. The number of carboxylic acids is 1. The van der Waals surface area contributed by atoms with Gasteiger partial charge in [-0.25, -0.2) is 4.79 Å². The van der Waals surface area contributed by atoms with Crippen molar-refractivity contribution in [3.63, 3.8) is 0 Å². The fourth-order valence-electron chi connectivity index (χ4n) is 1.40. The summed E-state index contributed by atoms with van der Waals surface area (Å²) < 4.78 is 1.72. The standard InChI is InChI=1S/C11H12N4O2/c16-11(17)9-1-3-10(4-2-9)12-5-7-15-8-6-13-14-15/h1-4,6,8,12H,5,7H2,(H,16,17). The maximum absolute atomic E-state index is 10.6.